The van der Waals surface area contributed by atoms with Crippen molar-refractivity contribution in [2.24, 2.45) is 17.8 Å². The molecule has 26 heavy (non-hydrogen) atoms. The van der Waals surface area contributed by atoms with Crippen molar-refractivity contribution in [1.29, 1.82) is 0 Å². The number of amides is 2. The van der Waals surface area contributed by atoms with Gasteiger partial charge in [0.15, 0.2) is 0 Å². The van der Waals surface area contributed by atoms with Gasteiger partial charge in [0.25, 0.3) is 0 Å². The minimum atomic E-state index is -0.156. The Kier molecular flexibility index (Phi) is 4.45. The molecule has 4 nitrogen and oxygen atoms in total. The molecule has 3 unspecified atom stereocenters. The molecule has 0 bridgehead atoms. The summed E-state index contributed by atoms with van der Waals surface area (Å²) < 4.78 is 5.77. The van der Waals surface area contributed by atoms with Gasteiger partial charge in [-0.05, 0) is 73.7 Å². The zero-order valence-electron chi connectivity index (χ0n) is 14.5. The fourth-order valence-electron chi connectivity index (χ4n) is 3.95. The summed E-state index contributed by atoms with van der Waals surface area (Å²) in [7, 11) is 0. The third-order valence-electron chi connectivity index (χ3n) is 5.33. The number of fused-ring (bicyclic) bond motifs is 1. The summed E-state index contributed by atoms with van der Waals surface area (Å²) in [6.07, 6.45) is 2.63. The van der Waals surface area contributed by atoms with Crippen LogP contribution in [0.2, 0.25) is 5.02 Å². The van der Waals surface area contributed by atoms with Crippen molar-refractivity contribution in [1.82, 2.24) is 0 Å². The van der Waals surface area contributed by atoms with E-state index in [0.29, 0.717) is 28.1 Å². The summed E-state index contributed by atoms with van der Waals surface area (Å²) in [6, 6.07) is 14.2. The van der Waals surface area contributed by atoms with Gasteiger partial charge in [-0.2, -0.15) is 0 Å². The Morgan fingerprint density at radius 2 is 1.46 bits per heavy atom. The molecule has 2 aromatic carbocycles. The lowest BCUT2D eigenvalue weighted by atomic mass is 9.76. The summed E-state index contributed by atoms with van der Waals surface area (Å²) in [6.45, 7) is 2.15. The highest BCUT2D eigenvalue weighted by atomic mass is 35.5. The fourth-order valence-corrected chi connectivity index (χ4v) is 4.07. The van der Waals surface area contributed by atoms with Crippen LogP contribution in [0.1, 0.15) is 26.2 Å². The standard InChI is InChI=1S/C21H20ClNO3/c1-13-2-11-18-19(12-13)21(25)23(20(18)24)15-5-9-17(10-6-15)26-16-7-3-14(22)4-8-16/h3-10,13,18-19H,2,11-12H2,1H3. The number of halogens is 1. The zero-order valence-corrected chi connectivity index (χ0v) is 15.3. The van der Waals surface area contributed by atoms with Gasteiger partial charge in [0, 0.05) is 5.02 Å². The maximum atomic E-state index is 12.8. The molecule has 4 rings (SSSR count). The number of imide groups is 1. The number of anilines is 1. The van der Waals surface area contributed by atoms with Gasteiger partial charge in [-0.25, -0.2) is 0 Å². The Bertz CT molecular complexity index is 831. The number of carbonyl (C=O) groups excluding carboxylic acids is 2. The number of ether oxygens (including phenoxy) is 1. The van der Waals surface area contributed by atoms with Crippen molar-refractivity contribution in [2.75, 3.05) is 4.90 Å². The van der Waals surface area contributed by atoms with Gasteiger partial charge >= 0.3 is 0 Å². The second-order valence-electron chi connectivity index (χ2n) is 7.19. The lowest BCUT2D eigenvalue weighted by Gasteiger charge is -2.25. The Labute approximate surface area is 157 Å². The highest BCUT2D eigenvalue weighted by molar-refractivity contribution is 6.30. The van der Waals surface area contributed by atoms with Gasteiger partial charge in [0.1, 0.15) is 11.5 Å². The molecule has 1 saturated carbocycles. The van der Waals surface area contributed by atoms with Crippen LogP contribution in [0.25, 0.3) is 0 Å². The Balaban J connectivity index is 1.52. The van der Waals surface area contributed by atoms with Crippen molar-refractivity contribution >= 4 is 29.1 Å². The van der Waals surface area contributed by atoms with Crippen LogP contribution in [-0.4, -0.2) is 11.8 Å². The molecule has 134 valence electrons. The molecule has 1 aliphatic heterocycles. The first-order valence-corrected chi connectivity index (χ1v) is 9.32. The van der Waals surface area contributed by atoms with Crippen LogP contribution in [-0.2, 0) is 9.59 Å². The molecule has 5 heteroatoms. The smallest absolute Gasteiger partial charge is 0.237 e. The Morgan fingerprint density at radius 3 is 2.12 bits per heavy atom. The Hall–Kier alpha value is -2.33. The van der Waals surface area contributed by atoms with Crippen molar-refractivity contribution in [3.8, 4) is 11.5 Å². The van der Waals surface area contributed by atoms with Crippen LogP contribution in [0.15, 0.2) is 48.5 Å². The third-order valence-corrected chi connectivity index (χ3v) is 5.58. The first-order valence-electron chi connectivity index (χ1n) is 8.94. The summed E-state index contributed by atoms with van der Waals surface area (Å²) in [5.41, 5.74) is 0.616. The summed E-state index contributed by atoms with van der Waals surface area (Å²) in [5.74, 6) is 1.40. The predicted octanol–water partition coefficient (Wildman–Crippen LogP) is 5.06. The number of hydrogen-bond acceptors (Lipinski definition) is 3. The molecule has 0 aromatic heterocycles. The van der Waals surface area contributed by atoms with Crippen molar-refractivity contribution < 1.29 is 14.3 Å². The molecule has 0 radical (unpaired) electrons. The van der Waals surface area contributed by atoms with Gasteiger partial charge in [-0.15, -0.1) is 0 Å². The lowest BCUT2D eigenvalue weighted by Crippen LogP contribution is -2.30. The molecule has 1 heterocycles. The highest BCUT2D eigenvalue weighted by Gasteiger charge is 2.49. The average molecular weight is 370 g/mol. The Morgan fingerprint density at radius 1 is 0.885 bits per heavy atom. The number of benzene rings is 2. The molecular formula is C21H20ClNO3. The second kappa shape index (κ2) is 6.76. The molecule has 1 saturated heterocycles. The molecule has 0 N–H and O–H groups in total. The minimum Gasteiger partial charge on any atom is -0.457 e. The number of carbonyl (C=O) groups is 2. The quantitative estimate of drug-likeness (QED) is 0.710. The van der Waals surface area contributed by atoms with Gasteiger partial charge in [0.2, 0.25) is 11.8 Å². The van der Waals surface area contributed by atoms with E-state index in [2.05, 4.69) is 6.92 Å². The van der Waals surface area contributed by atoms with Crippen LogP contribution < -0.4 is 9.64 Å². The average Bonchev–Trinajstić information content (AvgIpc) is 2.88. The van der Waals surface area contributed by atoms with E-state index >= 15 is 0 Å². The van der Waals surface area contributed by atoms with Gasteiger partial charge in [-0.3, -0.25) is 14.5 Å². The van der Waals surface area contributed by atoms with E-state index in [-0.39, 0.29) is 23.7 Å². The fraction of sp³-hybridized carbons (Fsp3) is 0.333. The van der Waals surface area contributed by atoms with Crippen molar-refractivity contribution in [3.63, 3.8) is 0 Å². The molecular weight excluding hydrogens is 350 g/mol. The van der Waals surface area contributed by atoms with E-state index in [1.165, 1.54) is 4.90 Å². The van der Waals surface area contributed by atoms with E-state index in [0.717, 1.165) is 19.3 Å². The van der Waals surface area contributed by atoms with Crippen LogP contribution >= 0.6 is 11.6 Å². The first kappa shape index (κ1) is 17.1. The van der Waals surface area contributed by atoms with E-state index < -0.39 is 0 Å². The summed E-state index contributed by atoms with van der Waals surface area (Å²) >= 11 is 5.87. The van der Waals surface area contributed by atoms with Crippen LogP contribution in [0.5, 0.6) is 11.5 Å². The maximum Gasteiger partial charge on any atom is 0.237 e. The zero-order chi connectivity index (χ0) is 18.3. The lowest BCUT2D eigenvalue weighted by molar-refractivity contribution is -0.122. The van der Waals surface area contributed by atoms with Crippen LogP contribution in [0.4, 0.5) is 5.69 Å². The predicted molar refractivity (Wildman–Crippen MR) is 100 cm³/mol. The highest BCUT2D eigenvalue weighted by Crippen LogP contribution is 2.42. The third kappa shape index (κ3) is 3.10. The number of nitrogens with zero attached hydrogens (tertiary/aromatic N) is 1. The SMILES string of the molecule is CC1CCC2C(=O)N(c3ccc(Oc4ccc(Cl)cc4)cc3)C(=O)C2C1. The van der Waals surface area contributed by atoms with Gasteiger partial charge in [0.05, 0.1) is 17.5 Å². The molecule has 2 aliphatic rings. The molecule has 0 spiro atoms. The molecule has 3 atom stereocenters. The number of hydrogen-bond donors (Lipinski definition) is 0. The first-order chi connectivity index (χ1) is 12.5. The molecule has 2 amide bonds. The maximum absolute atomic E-state index is 12.8. The van der Waals surface area contributed by atoms with Gasteiger partial charge < -0.3 is 4.74 Å². The minimum absolute atomic E-state index is 0.0572. The van der Waals surface area contributed by atoms with Crippen molar-refractivity contribution in [3.05, 3.63) is 53.6 Å². The number of rotatable bonds is 3. The summed E-state index contributed by atoms with van der Waals surface area (Å²) in [4.78, 5) is 26.9. The van der Waals surface area contributed by atoms with Gasteiger partial charge in [-0.1, -0.05) is 18.5 Å². The largest absolute Gasteiger partial charge is 0.457 e. The second-order valence-corrected chi connectivity index (χ2v) is 7.63. The molecule has 1 aliphatic carbocycles. The van der Waals surface area contributed by atoms with Crippen LogP contribution in [0.3, 0.4) is 0 Å². The molecule has 2 fully saturated rings. The normalized spacial score (nSPS) is 25.3. The monoisotopic (exact) mass is 369 g/mol. The topological polar surface area (TPSA) is 46.6 Å². The van der Waals surface area contributed by atoms with E-state index in [1.54, 1.807) is 48.5 Å². The summed E-state index contributed by atoms with van der Waals surface area (Å²) in [5, 5.41) is 0.648. The molecule has 2 aromatic rings. The van der Waals surface area contributed by atoms with E-state index in [9.17, 15) is 9.59 Å². The van der Waals surface area contributed by atoms with E-state index in [1.807, 2.05) is 0 Å². The van der Waals surface area contributed by atoms with E-state index in [4.69, 9.17) is 16.3 Å². The van der Waals surface area contributed by atoms with Crippen LogP contribution in [0, 0.1) is 17.8 Å². The van der Waals surface area contributed by atoms with Crippen molar-refractivity contribution in [2.45, 2.75) is 26.2 Å².